The van der Waals surface area contributed by atoms with Gasteiger partial charge >= 0.3 is 21.2 Å². The van der Waals surface area contributed by atoms with E-state index >= 15 is 0 Å². The van der Waals surface area contributed by atoms with Crippen molar-refractivity contribution in [2.45, 2.75) is 44.4 Å². The zero-order valence-corrected chi connectivity index (χ0v) is 12.5. The van der Waals surface area contributed by atoms with Crippen molar-refractivity contribution < 1.29 is 38.6 Å². The molecule has 0 aromatic carbocycles. The fourth-order valence-corrected chi connectivity index (χ4v) is 4.71. The molecule has 0 saturated carbocycles. The maximum Gasteiger partial charge on any atom is 0.343 e. The Labute approximate surface area is 111 Å². The Bertz CT molecular complexity index is 384. The van der Waals surface area contributed by atoms with Crippen LogP contribution >= 0.6 is 15.2 Å². The minimum absolute atomic E-state index is 0.0256. The first-order valence-corrected chi connectivity index (χ1v) is 8.89. The van der Waals surface area contributed by atoms with E-state index in [0.29, 0.717) is 0 Å². The highest BCUT2D eigenvalue weighted by Crippen LogP contribution is 2.72. The molecule has 10 heteroatoms. The van der Waals surface area contributed by atoms with Crippen LogP contribution in [-0.2, 0) is 13.9 Å². The zero-order valence-electron chi connectivity index (χ0n) is 10.8. The predicted molar refractivity (Wildman–Crippen MR) is 67.8 cm³/mol. The summed E-state index contributed by atoms with van der Waals surface area (Å²) < 4.78 is 23.1. The molecule has 19 heavy (non-hydrogen) atoms. The van der Waals surface area contributed by atoms with Gasteiger partial charge in [0.25, 0.3) is 0 Å². The second kappa shape index (κ2) is 6.48. The smallest absolute Gasteiger partial charge is 0.343 e. The molecule has 0 radical (unpaired) electrons. The molecule has 0 aliphatic carbocycles. The van der Waals surface area contributed by atoms with Crippen LogP contribution in [0, 0.1) is 5.92 Å². The summed E-state index contributed by atoms with van der Waals surface area (Å²) in [7, 11) is -10.3. The van der Waals surface area contributed by atoms with E-state index in [-0.39, 0.29) is 12.3 Å². The van der Waals surface area contributed by atoms with E-state index in [0.717, 1.165) is 0 Å². The van der Waals surface area contributed by atoms with Crippen molar-refractivity contribution in [2.75, 3.05) is 0 Å². The Kier molecular flexibility index (Phi) is 6.40. The van der Waals surface area contributed by atoms with Crippen LogP contribution in [-0.4, -0.2) is 35.5 Å². The van der Waals surface area contributed by atoms with Crippen molar-refractivity contribution in [2.24, 2.45) is 5.92 Å². The van der Waals surface area contributed by atoms with Gasteiger partial charge in [0.05, 0.1) is 0 Å². The third-order valence-electron chi connectivity index (χ3n) is 2.95. The number of carbonyl (C=O) groups is 1. The number of aliphatic carboxylic acids is 1. The third-order valence-corrected chi connectivity index (χ3v) is 7.57. The highest BCUT2D eigenvalue weighted by molar-refractivity contribution is 7.72. The quantitative estimate of drug-likeness (QED) is 0.420. The summed E-state index contributed by atoms with van der Waals surface area (Å²) in [4.78, 5) is 45.2. The second-order valence-corrected chi connectivity index (χ2v) is 9.14. The molecule has 0 atom stereocenters. The fraction of sp³-hybridized carbons (Fsp3) is 0.889. The average Bonchev–Trinajstić information content (AvgIpc) is 2.12. The first-order valence-electron chi connectivity index (χ1n) is 5.66. The summed E-state index contributed by atoms with van der Waals surface area (Å²) in [5.41, 5.74) is 0. The van der Waals surface area contributed by atoms with Gasteiger partial charge in [0.15, 0.2) is 4.90 Å². The van der Waals surface area contributed by atoms with E-state index in [9.17, 15) is 33.5 Å². The second-order valence-electron chi connectivity index (χ2n) is 4.90. The van der Waals surface area contributed by atoms with Crippen LogP contribution in [0.3, 0.4) is 0 Å². The molecule has 0 aromatic heterocycles. The lowest BCUT2D eigenvalue weighted by molar-refractivity contribution is -0.137. The Balaban J connectivity index is 5.54. The van der Waals surface area contributed by atoms with Gasteiger partial charge in [-0.05, 0) is 25.2 Å². The standard InChI is InChI=1S/C9H20O8P2/c1-7(2)3-5-9(18(12,13)14,19(15,16)17)6-4-8(10)11/h7H,3-6H2,1-2H3,(H,10,11)(H2,12,13,14)(H2,15,16,17). The van der Waals surface area contributed by atoms with Crippen LogP contribution in [0.15, 0.2) is 0 Å². The van der Waals surface area contributed by atoms with Crippen molar-refractivity contribution in [3.05, 3.63) is 0 Å². The maximum absolute atomic E-state index is 11.5. The Morgan fingerprint density at radius 3 is 1.74 bits per heavy atom. The first kappa shape index (κ1) is 18.8. The number of carboxylic acid groups (broad SMARTS) is 1. The molecule has 8 nitrogen and oxygen atoms in total. The van der Waals surface area contributed by atoms with Gasteiger partial charge in [-0.1, -0.05) is 13.8 Å². The largest absolute Gasteiger partial charge is 0.481 e. The topological polar surface area (TPSA) is 152 Å². The molecule has 0 unspecified atom stereocenters. The van der Waals surface area contributed by atoms with Crippen molar-refractivity contribution in [1.82, 2.24) is 0 Å². The third kappa shape index (κ3) is 4.99. The molecule has 0 fully saturated rings. The van der Waals surface area contributed by atoms with E-state index in [1.54, 1.807) is 13.8 Å². The van der Waals surface area contributed by atoms with Gasteiger partial charge in [-0.3, -0.25) is 13.9 Å². The van der Waals surface area contributed by atoms with E-state index in [4.69, 9.17) is 5.11 Å². The maximum atomic E-state index is 11.5. The Hall–Kier alpha value is -0.230. The first-order chi connectivity index (χ1) is 8.33. The summed E-state index contributed by atoms with van der Waals surface area (Å²) in [6.07, 6.45) is -1.72. The molecule has 0 aliphatic rings. The van der Waals surface area contributed by atoms with Crippen LogP contribution < -0.4 is 0 Å². The van der Waals surface area contributed by atoms with E-state index in [1.807, 2.05) is 0 Å². The molecule has 0 amide bonds. The predicted octanol–water partition coefficient (Wildman–Crippen LogP) is 1.34. The molecule has 0 aromatic rings. The molecule has 0 rings (SSSR count). The summed E-state index contributed by atoms with van der Waals surface area (Å²) in [6, 6.07) is 0. The zero-order chi connectivity index (χ0) is 15.5. The molecule has 5 N–H and O–H groups in total. The van der Waals surface area contributed by atoms with Crippen LogP contribution in [0.25, 0.3) is 0 Å². The van der Waals surface area contributed by atoms with E-state index < -0.39 is 45.3 Å². The minimum Gasteiger partial charge on any atom is -0.481 e. The minimum atomic E-state index is -5.17. The van der Waals surface area contributed by atoms with Crippen molar-refractivity contribution >= 4 is 21.2 Å². The van der Waals surface area contributed by atoms with E-state index in [1.165, 1.54) is 0 Å². The molecule has 0 heterocycles. The molecule has 0 spiro atoms. The number of hydrogen-bond donors (Lipinski definition) is 5. The van der Waals surface area contributed by atoms with E-state index in [2.05, 4.69) is 0 Å². The molecule has 114 valence electrons. The Morgan fingerprint density at radius 2 is 1.47 bits per heavy atom. The highest BCUT2D eigenvalue weighted by Gasteiger charge is 2.59. The lowest BCUT2D eigenvalue weighted by Crippen LogP contribution is -2.30. The normalized spacial score (nSPS) is 13.8. The van der Waals surface area contributed by atoms with Crippen molar-refractivity contribution in [3.8, 4) is 0 Å². The molecular weight excluding hydrogens is 298 g/mol. The van der Waals surface area contributed by atoms with Crippen LogP contribution in [0.2, 0.25) is 0 Å². The number of carboxylic acids is 1. The van der Waals surface area contributed by atoms with Crippen molar-refractivity contribution in [3.63, 3.8) is 0 Å². The number of rotatable bonds is 8. The summed E-state index contributed by atoms with van der Waals surface area (Å²) in [6.45, 7) is 3.47. The number of hydrogen-bond acceptors (Lipinski definition) is 3. The van der Waals surface area contributed by atoms with Gasteiger partial charge in [-0.15, -0.1) is 0 Å². The van der Waals surface area contributed by atoms with Gasteiger partial charge in [-0.25, -0.2) is 0 Å². The monoisotopic (exact) mass is 318 g/mol. The van der Waals surface area contributed by atoms with Crippen LogP contribution in [0.4, 0.5) is 0 Å². The highest BCUT2D eigenvalue weighted by atomic mass is 31.2. The van der Waals surface area contributed by atoms with Crippen LogP contribution in [0.5, 0.6) is 0 Å². The van der Waals surface area contributed by atoms with Gasteiger partial charge in [0.1, 0.15) is 0 Å². The summed E-state index contributed by atoms with van der Waals surface area (Å²) in [5.74, 6) is -1.39. The van der Waals surface area contributed by atoms with Crippen LogP contribution in [0.1, 0.15) is 39.5 Å². The summed E-state index contributed by atoms with van der Waals surface area (Å²) in [5, 5.41) is 8.58. The van der Waals surface area contributed by atoms with Gasteiger partial charge in [0, 0.05) is 6.42 Å². The average molecular weight is 318 g/mol. The lowest BCUT2D eigenvalue weighted by Gasteiger charge is -2.34. The molecule has 0 aliphatic heterocycles. The van der Waals surface area contributed by atoms with Crippen molar-refractivity contribution in [1.29, 1.82) is 0 Å². The molecular formula is C9H20O8P2. The lowest BCUT2D eigenvalue weighted by atomic mass is 10.0. The fourth-order valence-electron chi connectivity index (χ4n) is 1.70. The van der Waals surface area contributed by atoms with Gasteiger partial charge in [0.2, 0.25) is 0 Å². The SMILES string of the molecule is CC(C)CCC(CCC(=O)O)(P(=O)(O)O)P(=O)(O)O. The molecule has 0 saturated heterocycles. The van der Waals surface area contributed by atoms with Gasteiger partial charge < -0.3 is 24.7 Å². The van der Waals surface area contributed by atoms with Gasteiger partial charge in [-0.2, -0.15) is 0 Å². The molecule has 0 bridgehead atoms. The Morgan fingerprint density at radius 1 is 1.05 bits per heavy atom. The summed E-state index contributed by atoms with van der Waals surface area (Å²) >= 11 is 0.